The number of nitrogens with zero attached hydrogens (tertiary/aromatic N) is 7. The molecule has 1 aliphatic rings. The van der Waals surface area contributed by atoms with E-state index in [1.54, 1.807) is 15.7 Å². The van der Waals surface area contributed by atoms with Crippen LogP contribution in [0.5, 0.6) is 5.75 Å². The van der Waals surface area contributed by atoms with Crippen molar-refractivity contribution in [3.63, 3.8) is 0 Å². The molecule has 156 valence electrons. The maximum Gasteiger partial charge on any atom is 0.291 e. The Hall–Kier alpha value is -4.08. The second-order valence-corrected chi connectivity index (χ2v) is 7.39. The van der Waals surface area contributed by atoms with Crippen molar-refractivity contribution >= 4 is 5.91 Å². The smallest absolute Gasteiger partial charge is 0.291 e. The van der Waals surface area contributed by atoms with E-state index in [9.17, 15) is 4.79 Å². The van der Waals surface area contributed by atoms with Crippen molar-refractivity contribution in [3.8, 4) is 11.4 Å². The molecule has 4 aromatic rings. The number of carbonyl (C=O) groups excluding carboxylic acids is 1. The van der Waals surface area contributed by atoms with E-state index in [2.05, 4.69) is 56.9 Å². The minimum atomic E-state index is -0.555. The summed E-state index contributed by atoms with van der Waals surface area (Å²) in [6.07, 6.45) is 1.56. The number of fused-ring (bicyclic) bond motifs is 3. The molecule has 0 spiro atoms. The van der Waals surface area contributed by atoms with E-state index in [4.69, 9.17) is 4.74 Å². The van der Waals surface area contributed by atoms with Gasteiger partial charge in [-0.2, -0.15) is 4.68 Å². The fourth-order valence-corrected chi connectivity index (χ4v) is 3.65. The van der Waals surface area contributed by atoms with Crippen LogP contribution in [0.2, 0.25) is 0 Å². The summed E-state index contributed by atoms with van der Waals surface area (Å²) in [6.45, 7) is 4.84. The van der Waals surface area contributed by atoms with E-state index in [-0.39, 0.29) is 12.4 Å². The third-order valence-corrected chi connectivity index (χ3v) is 5.31. The van der Waals surface area contributed by atoms with E-state index in [0.29, 0.717) is 18.1 Å². The Morgan fingerprint density at radius 3 is 2.81 bits per heavy atom. The fourth-order valence-electron chi connectivity index (χ4n) is 3.65. The lowest BCUT2D eigenvalue weighted by molar-refractivity contribution is 0.0909. The molecule has 3 heterocycles. The number of aryl methyl sites for hydroxylation is 2. The first-order valence-electron chi connectivity index (χ1n) is 9.86. The number of benzene rings is 2. The van der Waals surface area contributed by atoms with Gasteiger partial charge in [-0.3, -0.25) is 4.79 Å². The number of hydrogen-bond donors (Lipinski definition) is 1. The molecule has 2 aromatic carbocycles. The third-order valence-electron chi connectivity index (χ3n) is 5.31. The molecule has 10 nitrogen and oxygen atoms in total. The van der Waals surface area contributed by atoms with Crippen molar-refractivity contribution < 1.29 is 9.53 Å². The highest BCUT2D eigenvalue weighted by Crippen LogP contribution is 2.28. The molecule has 1 N–H and O–H groups in total. The van der Waals surface area contributed by atoms with Crippen molar-refractivity contribution in [1.82, 2.24) is 40.3 Å². The van der Waals surface area contributed by atoms with Crippen LogP contribution in [0.25, 0.3) is 5.69 Å². The van der Waals surface area contributed by atoms with E-state index in [1.165, 1.54) is 11.1 Å². The number of carbonyl (C=O) groups is 1. The molecule has 2 aromatic heterocycles. The SMILES string of the molecule is Cc1cccc(C)c1Cn1cnc(C(=O)N[C@H]2COc3ccccc3-n3nnnc32)n1. The summed E-state index contributed by atoms with van der Waals surface area (Å²) in [4.78, 5) is 17.0. The molecule has 0 radical (unpaired) electrons. The Morgan fingerprint density at radius 2 is 1.97 bits per heavy atom. The first-order chi connectivity index (χ1) is 15.1. The number of amides is 1. The van der Waals surface area contributed by atoms with Gasteiger partial charge in [0.1, 0.15) is 30.4 Å². The molecule has 1 atom stereocenters. The van der Waals surface area contributed by atoms with Gasteiger partial charge in [-0.15, -0.1) is 10.2 Å². The molecule has 0 unspecified atom stereocenters. The Bertz CT molecular complexity index is 1240. The maximum absolute atomic E-state index is 12.8. The van der Waals surface area contributed by atoms with Gasteiger partial charge in [-0.05, 0) is 53.1 Å². The summed E-state index contributed by atoms with van der Waals surface area (Å²) < 4.78 is 9.09. The van der Waals surface area contributed by atoms with Crippen LogP contribution in [0.1, 0.15) is 39.2 Å². The van der Waals surface area contributed by atoms with E-state index >= 15 is 0 Å². The van der Waals surface area contributed by atoms with E-state index < -0.39 is 11.9 Å². The zero-order chi connectivity index (χ0) is 21.4. The number of ether oxygens (including phenoxy) is 1. The third kappa shape index (κ3) is 3.52. The molecule has 10 heteroatoms. The first-order valence-corrected chi connectivity index (χ1v) is 9.86. The van der Waals surface area contributed by atoms with Gasteiger partial charge >= 0.3 is 0 Å². The van der Waals surface area contributed by atoms with Gasteiger partial charge < -0.3 is 10.1 Å². The van der Waals surface area contributed by atoms with Gasteiger partial charge in [0.2, 0.25) is 5.82 Å². The van der Waals surface area contributed by atoms with Crippen molar-refractivity contribution in [2.24, 2.45) is 0 Å². The van der Waals surface area contributed by atoms with Crippen molar-refractivity contribution in [3.05, 3.63) is 77.1 Å². The van der Waals surface area contributed by atoms with Gasteiger partial charge in [0.05, 0.1) is 6.54 Å². The number of hydrogen-bond acceptors (Lipinski definition) is 7. The summed E-state index contributed by atoms with van der Waals surface area (Å²) in [5.74, 6) is 0.776. The van der Waals surface area contributed by atoms with Gasteiger partial charge in [0, 0.05) is 0 Å². The molecule has 0 bridgehead atoms. The zero-order valence-corrected chi connectivity index (χ0v) is 17.1. The molecule has 0 aliphatic carbocycles. The Morgan fingerprint density at radius 1 is 1.16 bits per heavy atom. The maximum atomic E-state index is 12.8. The van der Waals surface area contributed by atoms with Crippen LogP contribution in [0, 0.1) is 13.8 Å². The number of para-hydroxylation sites is 2. The minimum absolute atomic E-state index is 0.0759. The van der Waals surface area contributed by atoms with Gasteiger partial charge in [-0.25, -0.2) is 9.67 Å². The molecular weight excluding hydrogens is 396 g/mol. The highest BCUT2D eigenvalue weighted by atomic mass is 16.5. The molecule has 0 saturated carbocycles. The van der Waals surface area contributed by atoms with Gasteiger partial charge in [0.15, 0.2) is 5.82 Å². The summed E-state index contributed by atoms with van der Waals surface area (Å²) in [5, 5.41) is 19.1. The quantitative estimate of drug-likeness (QED) is 0.540. The van der Waals surface area contributed by atoms with Crippen LogP contribution >= 0.6 is 0 Å². The number of rotatable bonds is 4. The average molecular weight is 416 g/mol. The largest absolute Gasteiger partial charge is 0.489 e. The highest BCUT2D eigenvalue weighted by molar-refractivity contribution is 5.90. The highest BCUT2D eigenvalue weighted by Gasteiger charge is 2.29. The minimum Gasteiger partial charge on any atom is -0.489 e. The van der Waals surface area contributed by atoms with Crippen LogP contribution in [-0.4, -0.2) is 47.5 Å². The lowest BCUT2D eigenvalue weighted by atomic mass is 10.0. The standard InChI is InChI=1S/C21H20N8O2/c1-13-6-5-7-14(2)15(13)10-28-12-22-19(25-28)21(30)23-16-11-31-18-9-4-3-8-17(18)29-20(16)24-26-27-29/h3-9,12,16H,10-11H2,1-2H3,(H,23,30)/t16-/m0/s1. The normalized spacial score (nSPS) is 14.8. The van der Waals surface area contributed by atoms with Crippen LogP contribution < -0.4 is 10.1 Å². The fraction of sp³-hybridized carbons (Fsp3) is 0.238. The topological polar surface area (TPSA) is 113 Å². The molecule has 1 amide bonds. The van der Waals surface area contributed by atoms with E-state index in [1.807, 2.05) is 30.3 Å². The number of aromatic nitrogens is 7. The van der Waals surface area contributed by atoms with Gasteiger partial charge in [-0.1, -0.05) is 30.3 Å². The molecule has 1 aliphatic heterocycles. The van der Waals surface area contributed by atoms with Crippen LogP contribution in [0.3, 0.4) is 0 Å². The summed E-state index contributed by atoms with van der Waals surface area (Å²) in [5.41, 5.74) is 4.22. The number of tetrazole rings is 1. The van der Waals surface area contributed by atoms with Crippen molar-refractivity contribution in [2.45, 2.75) is 26.4 Å². The van der Waals surface area contributed by atoms with Gasteiger partial charge in [0.25, 0.3) is 5.91 Å². The predicted molar refractivity (Wildman–Crippen MR) is 110 cm³/mol. The monoisotopic (exact) mass is 416 g/mol. The average Bonchev–Trinajstić information content (AvgIpc) is 3.41. The van der Waals surface area contributed by atoms with Crippen LogP contribution in [0.4, 0.5) is 0 Å². The van der Waals surface area contributed by atoms with Crippen molar-refractivity contribution in [2.75, 3.05) is 6.61 Å². The lowest BCUT2D eigenvalue weighted by Crippen LogP contribution is -2.34. The van der Waals surface area contributed by atoms with Crippen LogP contribution in [-0.2, 0) is 6.54 Å². The van der Waals surface area contributed by atoms with E-state index in [0.717, 1.165) is 11.3 Å². The lowest BCUT2D eigenvalue weighted by Gasteiger charge is -2.13. The molecule has 31 heavy (non-hydrogen) atoms. The molecule has 5 rings (SSSR count). The van der Waals surface area contributed by atoms with Crippen molar-refractivity contribution in [1.29, 1.82) is 0 Å². The Balaban J connectivity index is 1.35. The second-order valence-electron chi connectivity index (χ2n) is 7.39. The second kappa shape index (κ2) is 7.63. The predicted octanol–water partition coefficient (Wildman–Crippen LogP) is 1.78. The molecule has 0 fully saturated rings. The summed E-state index contributed by atoms with van der Waals surface area (Å²) in [6, 6.07) is 13.0. The number of nitrogens with one attached hydrogen (secondary N) is 1. The molecule has 0 saturated heterocycles. The van der Waals surface area contributed by atoms with Crippen LogP contribution in [0.15, 0.2) is 48.8 Å². The molecular formula is C21H20N8O2. The summed E-state index contributed by atoms with van der Waals surface area (Å²) >= 11 is 0. The Labute approximate surface area is 177 Å². The summed E-state index contributed by atoms with van der Waals surface area (Å²) in [7, 11) is 0. The Kier molecular flexibility index (Phi) is 4.66. The zero-order valence-electron chi connectivity index (χ0n) is 17.1. The first kappa shape index (κ1) is 18.9.